The lowest BCUT2D eigenvalue weighted by molar-refractivity contribution is 0.0692. The number of nitrogens with one attached hydrogen (secondary N) is 1. The molecule has 1 aliphatic rings. The van der Waals surface area contributed by atoms with Gasteiger partial charge in [0.1, 0.15) is 0 Å². The summed E-state index contributed by atoms with van der Waals surface area (Å²) in [6.45, 7) is 0. The summed E-state index contributed by atoms with van der Waals surface area (Å²) in [6.07, 6.45) is 0. The lowest BCUT2D eigenvalue weighted by Gasteiger charge is -1.87. The van der Waals surface area contributed by atoms with E-state index in [4.69, 9.17) is 16.7 Å². The molecule has 1 aromatic heterocycles. The lowest BCUT2D eigenvalue weighted by atomic mass is 10.2. The number of aromatic nitrogens is 2. The number of hydrogen-bond donors (Lipinski definition) is 2. The van der Waals surface area contributed by atoms with Crippen molar-refractivity contribution < 1.29 is 9.90 Å². The first-order valence-electron chi connectivity index (χ1n) is 6.08. The van der Waals surface area contributed by atoms with E-state index in [9.17, 15) is 4.79 Å². The van der Waals surface area contributed by atoms with Crippen LogP contribution in [0.3, 0.4) is 0 Å². The zero-order chi connectivity index (χ0) is 14.1. The fraction of sp³-hybridized carbons (Fsp3) is 0.0667. The molecule has 4 nitrogen and oxygen atoms in total. The number of fused-ring (bicyclic) bond motifs is 2. The number of para-hydroxylation sites is 1. The number of nitrogens with zero attached hydrogens (tertiary/aromatic N) is 1. The number of alkyl halides is 1. The van der Waals surface area contributed by atoms with Gasteiger partial charge in [-0.3, -0.25) is 5.10 Å². The third-order valence-electron chi connectivity index (χ3n) is 3.13. The Bertz CT molecular complexity index is 759. The molecule has 0 radical (unpaired) electrons. The highest BCUT2D eigenvalue weighted by atomic mass is 35.5. The minimum atomic E-state index is -1.01. The first kappa shape index (κ1) is 12.7. The van der Waals surface area contributed by atoms with Gasteiger partial charge in [-0.25, -0.2) is 4.79 Å². The van der Waals surface area contributed by atoms with Crippen molar-refractivity contribution in [3.05, 3.63) is 65.4 Å². The summed E-state index contributed by atoms with van der Waals surface area (Å²) < 4.78 is 0. The molecule has 4 rings (SSSR count). The summed E-state index contributed by atoms with van der Waals surface area (Å²) in [5, 5.41) is 15.9. The van der Waals surface area contributed by atoms with E-state index in [0.29, 0.717) is 5.39 Å². The van der Waals surface area contributed by atoms with E-state index in [-0.39, 0.29) is 11.1 Å². The summed E-state index contributed by atoms with van der Waals surface area (Å²) in [4.78, 5) is 10.6. The minimum Gasteiger partial charge on any atom is -0.476 e. The number of carboxylic acids is 1. The average Bonchev–Trinajstić information content (AvgIpc) is 2.95. The number of halogens is 1. The Morgan fingerprint density at radius 1 is 1.10 bits per heavy atom. The highest BCUT2D eigenvalue weighted by molar-refractivity contribution is 6.26. The van der Waals surface area contributed by atoms with Crippen molar-refractivity contribution in [3.63, 3.8) is 0 Å². The SMILES string of the molecule is ClC1c2ccccc21.O=C(O)c1n[nH]c2ccccc12. The number of hydrogen-bond acceptors (Lipinski definition) is 2. The van der Waals surface area contributed by atoms with Crippen molar-refractivity contribution in [2.45, 2.75) is 5.38 Å². The topological polar surface area (TPSA) is 66.0 Å². The van der Waals surface area contributed by atoms with E-state index in [1.165, 1.54) is 11.1 Å². The summed E-state index contributed by atoms with van der Waals surface area (Å²) in [5.41, 5.74) is 3.42. The highest BCUT2D eigenvalue weighted by Crippen LogP contribution is 2.45. The molecule has 0 saturated heterocycles. The van der Waals surface area contributed by atoms with Gasteiger partial charge in [0, 0.05) is 5.39 Å². The maximum Gasteiger partial charge on any atom is 0.357 e. The van der Waals surface area contributed by atoms with Gasteiger partial charge in [-0.15, -0.1) is 11.6 Å². The van der Waals surface area contributed by atoms with Gasteiger partial charge in [0.25, 0.3) is 0 Å². The Morgan fingerprint density at radius 3 is 2.30 bits per heavy atom. The van der Waals surface area contributed by atoms with E-state index in [0.717, 1.165) is 5.52 Å². The van der Waals surface area contributed by atoms with Crippen LogP contribution in [0.15, 0.2) is 48.5 Å². The van der Waals surface area contributed by atoms with Gasteiger partial charge >= 0.3 is 5.97 Å². The highest BCUT2D eigenvalue weighted by Gasteiger charge is 2.28. The lowest BCUT2D eigenvalue weighted by Crippen LogP contribution is -1.96. The molecule has 0 unspecified atom stereocenters. The van der Waals surface area contributed by atoms with Crippen LogP contribution in [0.5, 0.6) is 0 Å². The Labute approximate surface area is 120 Å². The van der Waals surface area contributed by atoms with E-state index in [1.807, 2.05) is 18.2 Å². The van der Waals surface area contributed by atoms with Crippen molar-refractivity contribution in [1.82, 2.24) is 10.2 Å². The second-order valence-electron chi connectivity index (χ2n) is 4.41. The van der Waals surface area contributed by atoms with Crippen LogP contribution >= 0.6 is 11.6 Å². The quantitative estimate of drug-likeness (QED) is 0.672. The van der Waals surface area contributed by atoms with Crippen LogP contribution in [-0.4, -0.2) is 21.3 Å². The maximum absolute atomic E-state index is 10.6. The van der Waals surface area contributed by atoms with Crippen LogP contribution in [0.2, 0.25) is 0 Å². The Hall–Kier alpha value is -2.33. The van der Waals surface area contributed by atoms with Gasteiger partial charge in [0.05, 0.1) is 10.9 Å². The molecule has 20 heavy (non-hydrogen) atoms. The molecular weight excluding hydrogens is 276 g/mol. The van der Waals surface area contributed by atoms with Crippen LogP contribution in [0.25, 0.3) is 10.9 Å². The molecule has 5 heteroatoms. The number of carboxylic acid groups (broad SMARTS) is 1. The Morgan fingerprint density at radius 2 is 1.70 bits per heavy atom. The molecule has 100 valence electrons. The average molecular weight is 287 g/mol. The molecule has 0 atom stereocenters. The van der Waals surface area contributed by atoms with Crippen molar-refractivity contribution >= 4 is 28.5 Å². The molecule has 0 saturated carbocycles. The van der Waals surface area contributed by atoms with E-state index < -0.39 is 5.97 Å². The number of benzene rings is 2. The number of aromatic carboxylic acids is 1. The molecule has 0 fully saturated rings. The fourth-order valence-corrected chi connectivity index (χ4v) is 2.37. The van der Waals surface area contributed by atoms with Crippen LogP contribution in [0.4, 0.5) is 0 Å². The van der Waals surface area contributed by atoms with Crippen molar-refractivity contribution in [1.29, 1.82) is 0 Å². The molecule has 1 aliphatic carbocycles. The van der Waals surface area contributed by atoms with Gasteiger partial charge < -0.3 is 5.11 Å². The standard InChI is InChI=1S/C8H6N2O2.C7H5Cl/c11-8(12)7-5-3-1-2-4-6(5)9-10-7;8-7-5-3-1-2-4-6(5)7/h1-4H,(H,9,10)(H,11,12);1-4,7H. The minimum absolute atomic E-state index is 0.0746. The zero-order valence-electron chi connectivity index (χ0n) is 10.4. The maximum atomic E-state index is 10.6. The fourth-order valence-electron chi connectivity index (χ4n) is 2.03. The number of rotatable bonds is 1. The first-order valence-corrected chi connectivity index (χ1v) is 6.51. The van der Waals surface area contributed by atoms with Crippen LogP contribution in [0, 0.1) is 0 Å². The van der Waals surface area contributed by atoms with Gasteiger partial charge in [-0.2, -0.15) is 5.10 Å². The third-order valence-corrected chi connectivity index (χ3v) is 3.60. The smallest absolute Gasteiger partial charge is 0.357 e. The van der Waals surface area contributed by atoms with E-state index in [1.54, 1.807) is 18.2 Å². The molecule has 0 bridgehead atoms. The van der Waals surface area contributed by atoms with E-state index >= 15 is 0 Å². The first-order chi connectivity index (χ1) is 9.68. The second kappa shape index (κ2) is 4.98. The molecule has 0 aliphatic heterocycles. The zero-order valence-corrected chi connectivity index (χ0v) is 11.1. The van der Waals surface area contributed by atoms with E-state index in [2.05, 4.69) is 22.3 Å². The molecule has 2 aromatic carbocycles. The van der Waals surface area contributed by atoms with Crippen molar-refractivity contribution in [2.75, 3.05) is 0 Å². The van der Waals surface area contributed by atoms with Gasteiger partial charge in [0.2, 0.25) is 0 Å². The normalized spacial score (nSPS) is 12.4. The van der Waals surface area contributed by atoms with Crippen LogP contribution in [0.1, 0.15) is 27.0 Å². The third kappa shape index (κ3) is 2.26. The summed E-state index contributed by atoms with van der Waals surface area (Å²) in [7, 11) is 0. The molecule has 0 amide bonds. The molecular formula is C15H11ClN2O2. The van der Waals surface area contributed by atoms with Crippen molar-refractivity contribution in [3.8, 4) is 0 Å². The van der Waals surface area contributed by atoms with Crippen LogP contribution in [-0.2, 0) is 0 Å². The van der Waals surface area contributed by atoms with Crippen molar-refractivity contribution in [2.24, 2.45) is 0 Å². The largest absolute Gasteiger partial charge is 0.476 e. The Balaban J connectivity index is 0.000000131. The number of H-pyrrole nitrogens is 1. The summed E-state index contributed by atoms with van der Waals surface area (Å²) in [5.74, 6) is -1.01. The van der Waals surface area contributed by atoms with Gasteiger partial charge in [-0.1, -0.05) is 42.5 Å². The molecule has 3 aromatic rings. The number of aromatic amines is 1. The number of carbonyl (C=O) groups is 1. The molecule has 1 heterocycles. The predicted molar refractivity (Wildman–Crippen MR) is 77.2 cm³/mol. The van der Waals surface area contributed by atoms with Gasteiger partial charge in [-0.05, 0) is 17.2 Å². The monoisotopic (exact) mass is 286 g/mol. The summed E-state index contributed by atoms with van der Waals surface area (Å²) >= 11 is 5.78. The predicted octanol–water partition coefficient (Wildman–Crippen LogP) is 3.59. The second-order valence-corrected chi connectivity index (χ2v) is 4.85. The Kier molecular flexibility index (Phi) is 3.16. The molecule has 0 spiro atoms. The van der Waals surface area contributed by atoms with Gasteiger partial charge in [0.15, 0.2) is 5.69 Å². The molecule has 2 N–H and O–H groups in total. The van der Waals surface area contributed by atoms with Crippen LogP contribution < -0.4 is 0 Å². The summed E-state index contributed by atoms with van der Waals surface area (Å²) in [6, 6.07) is 15.3.